The Bertz CT molecular complexity index is 883. The van der Waals surface area contributed by atoms with Gasteiger partial charge in [0.2, 0.25) is 5.91 Å². The van der Waals surface area contributed by atoms with E-state index in [-0.39, 0.29) is 30.0 Å². The maximum absolute atomic E-state index is 14.1. The largest absolute Gasteiger partial charge is 0.351 e. The number of aromatic nitrogens is 3. The average molecular weight is 391 g/mol. The fourth-order valence-electron chi connectivity index (χ4n) is 3.39. The van der Waals surface area contributed by atoms with Crippen molar-refractivity contribution in [3.05, 3.63) is 47.0 Å². The Morgan fingerprint density at radius 2 is 2.11 bits per heavy atom. The Kier molecular flexibility index (Phi) is 5.71. The van der Waals surface area contributed by atoms with Gasteiger partial charge in [-0.2, -0.15) is 5.10 Å². The van der Waals surface area contributed by atoms with Crippen molar-refractivity contribution in [2.75, 3.05) is 6.54 Å². The Hall–Kier alpha value is -2.84. The molecule has 2 heterocycles. The van der Waals surface area contributed by atoms with Gasteiger partial charge in [-0.05, 0) is 37.5 Å². The normalized spacial score (nSPS) is 19.3. The monoisotopic (exact) mass is 391 g/mol. The second-order valence-electron chi connectivity index (χ2n) is 7.47. The molecule has 9 heteroatoms. The Balaban J connectivity index is 1.86. The molecule has 1 aromatic carbocycles. The van der Waals surface area contributed by atoms with Crippen LogP contribution in [0.25, 0.3) is 0 Å². The number of carbonyl (C=O) groups excluding carboxylic acids is 2. The number of aryl methyl sites for hydroxylation is 1. The predicted molar refractivity (Wildman–Crippen MR) is 97.3 cm³/mol. The molecule has 2 N–H and O–H groups in total. The lowest BCUT2D eigenvalue weighted by atomic mass is 10.1. The zero-order valence-corrected chi connectivity index (χ0v) is 16.0. The third-order valence-electron chi connectivity index (χ3n) is 4.59. The van der Waals surface area contributed by atoms with Gasteiger partial charge in [0.25, 0.3) is 5.91 Å². The molecular weight excluding hydrogens is 368 g/mol. The maximum Gasteiger partial charge on any atom is 0.257 e. The number of H-pyrrole nitrogens is 1. The van der Waals surface area contributed by atoms with Crippen LogP contribution >= 0.6 is 0 Å². The summed E-state index contributed by atoms with van der Waals surface area (Å²) in [5.41, 5.74) is -0.355. The molecule has 0 unspecified atom stereocenters. The van der Waals surface area contributed by atoms with Crippen LogP contribution in [0.5, 0.6) is 0 Å². The number of nitrogens with one attached hydrogen (secondary N) is 2. The number of likely N-dealkylation sites (tertiary alicyclic amines) is 1. The van der Waals surface area contributed by atoms with E-state index in [1.807, 2.05) is 13.8 Å². The van der Waals surface area contributed by atoms with E-state index in [0.29, 0.717) is 24.5 Å². The van der Waals surface area contributed by atoms with Crippen LogP contribution in [-0.4, -0.2) is 44.5 Å². The van der Waals surface area contributed by atoms with Gasteiger partial charge in [-0.15, -0.1) is 0 Å². The standard InChI is InChI=1S/C19H23F2N5O2/c1-10(2)6-17(27)23-13-8-16(18-22-11(3)24-25-18)26(9-13)19(28)14-7-12(20)4-5-15(14)21/h4-5,7,10,13,16H,6,8-9H2,1-3H3,(H,23,27)(H,22,24,25)/t13-,16-/m0/s1. The van der Waals surface area contributed by atoms with Crippen molar-refractivity contribution in [3.8, 4) is 0 Å². The van der Waals surface area contributed by atoms with Gasteiger partial charge in [0.05, 0.1) is 11.6 Å². The minimum Gasteiger partial charge on any atom is -0.351 e. The van der Waals surface area contributed by atoms with E-state index in [1.165, 1.54) is 4.90 Å². The molecule has 28 heavy (non-hydrogen) atoms. The first-order valence-electron chi connectivity index (χ1n) is 9.19. The van der Waals surface area contributed by atoms with E-state index in [2.05, 4.69) is 20.5 Å². The first kappa shape index (κ1) is 19.9. The lowest BCUT2D eigenvalue weighted by molar-refractivity contribution is -0.122. The SMILES string of the molecule is Cc1nc([C@@H]2C[C@H](NC(=O)CC(C)C)CN2C(=O)c2cc(F)ccc2F)n[nH]1. The van der Waals surface area contributed by atoms with Crippen LogP contribution in [-0.2, 0) is 4.79 Å². The first-order chi connectivity index (χ1) is 13.2. The molecule has 0 spiro atoms. The fourth-order valence-corrected chi connectivity index (χ4v) is 3.39. The number of carbonyl (C=O) groups is 2. The van der Waals surface area contributed by atoms with Crippen LogP contribution in [0.2, 0.25) is 0 Å². The van der Waals surface area contributed by atoms with Crippen LogP contribution in [0.15, 0.2) is 18.2 Å². The summed E-state index contributed by atoms with van der Waals surface area (Å²) in [5.74, 6) is -1.12. The molecule has 1 fully saturated rings. The molecule has 0 bridgehead atoms. The molecule has 0 aliphatic carbocycles. The van der Waals surface area contributed by atoms with Gasteiger partial charge in [-0.25, -0.2) is 13.8 Å². The molecule has 1 aliphatic heterocycles. The second-order valence-corrected chi connectivity index (χ2v) is 7.47. The van der Waals surface area contributed by atoms with Crippen molar-refractivity contribution in [3.63, 3.8) is 0 Å². The van der Waals surface area contributed by atoms with Crippen molar-refractivity contribution < 1.29 is 18.4 Å². The molecule has 0 saturated carbocycles. The van der Waals surface area contributed by atoms with Crippen LogP contribution in [0.4, 0.5) is 8.78 Å². The molecule has 1 aromatic heterocycles. The number of hydrogen-bond acceptors (Lipinski definition) is 4. The summed E-state index contributed by atoms with van der Waals surface area (Å²) in [5, 5.41) is 9.75. The first-order valence-corrected chi connectivity index (χ1v) is 9.19. The van der Waals surface area contributed by atoms with E-state index in [1.54, 1.807) is 6.92 Å². The Morgan fingerprint density at radius 3 is 2.75 bits per heavy atom. The molecule has 150 valence electrons. The number of nitrogens with zero attached hydrogens (tertiary/aromatic N) is 3. The molecule has 2 amide bonds. The second kappa shape index (κ2) is 8.04. The zero-order chi connectivity index (χ0) is 20.4. The molecule has 7 nitrogen and oxygen atoms in total. The highest BCUT2D eigenvalue weighted by atomic mass is 19.1. The van der Waals surface area contributed by atoms with Gasteiger partial charge in [-0.3, -0.25) is 14.7 Å². The number of hydrogen-bond donors (Lipinski definition) is 2. The number of halogens is 2. The summed E-state index contributed by atoms with van der Waals surface area (Å²) in [6.45, 7) is 5.77. The number of amides is 2. The van der Waals surface area contributed by atoms with Crippen LogP contribution < -0.4 is 5.32 Å². The molecule has 0 radical (unpaired) electrons. The van der Waals surface area contributed by atoms with E-state index in [9.17, 15) is 18.4 Å². The van der Waals surface area contributed by atoms with Gasteiger partial charge in [0.15, 0.2) is 5.82 Å². The molecule has 2 atom stereocenters. The van der Waals surface area contributed by atoms with Crippen molar-refractivity contribution in [2.24, 2.45) is 5.92 Å². The molecule has 3 rings (SSSR count). The number of benzene rings is 1. The van der Waals surface area contributed by atoms with Crippen LogP contribution in [0.1, 0.15) is 54.7 Å². The molecule has 2 aromatic rings. The average Bonchev–Trinajstić information content (AvgIpc) is 3.21. The molecule has 1 aliphatic rings. The van der Waals surface area contributed by atoms with Gasteiger partial charge in [0.1, 0.15) is 17.5 Å². The molecular formula is C19H23F2N5O2. The summed E-state index contributed by atoms with van der Waals surface area (Å²) >= 11 is 0. The van der Waals surface area contributed by atoms with Gasteiger partial charge in [-0.1, -0.05) is 13.8 Å². The highest BCUT2D eigenvalue weighted by Gasteiger charge is 2.40. The van der Waals surface area contributed by atoms with E-state index in [4.69, 9.17) is 0 Å². The lowest BCUT2D eigenvalue weighted by Gasteiger charge is -2.22. The summed E-state index contributed by atoms with van der Waals surface area (Å²) in [4.78, 5) is 30.8. The Labute approximate surface area is 161 Å². The highest BCUT2D eigenvalue weighted by molar-refractivity contribution is 5.95. The summed E-state index contributed by atoms with van der Waals surface area (Å²) < 4.78 is 27.7. The van der Waals surface area contributed by atoms with Crippen molar-refractivity contribution in [1.82, 2.24) is 25.4 Å². The minimum atomic E-state index is -0.802. The van der Waals surface area contributed by atoms with E-state index in [0.717, 1.165) is 18.2 Å². The van der Waals surface area contributed by atoms with Gasteiger partial charge in [0, 0.05) is 19.0 Å². The summed E-state index contributed by atoms with van der Waals surface area (Å²) in [6.07, 6.45) is 0.761. The van der Waals surface area contributed by atoms with Crippen molar-refractivity contribution in [2.45, 2.75) is 45.7 Å². The number of rotatable bonds is 5. The van der Waals surface area contributed by atoms with Gasteiger partial charge >= 0.3 is 0 Å². The van der Waals surface area contributed by atoms with Crippen molar-refractivity contribution >= 4 is 11.8 Å². The summed E-state index contributed by atoms with van der Waals surface area (Å²) in [6, 6.07) is 1.89. The maximum atomic E-state index is 14.1. The highest BCUT2D eigenvalue weighted by Crippen LogP contribution is 2.32. The summed E-state index contributed by atoms with van der Waals surface area (Å²) in [7, 11) is 0. The van der Waals surface area contributed by atoms with E-state index < -0.39 is 23.6 Å². The quantitative estimate of drug-likeness (QED) is 0.819. The third-order valence-corrected chi connectivity index (χ3v) is 4.59. The van der Waals surface area contributed by atoms with E-state index >= 15 is 0 Å². The fraction of sp³-hybridized carbons (Fsp3) is 0.474. The topological polar surface area (TPSA) is 91.0 Å². The van der Waals surface area contributed by atoms with Gasteiger partial charge < -0.3 is 10.2 Å². The van der Waals surface area contributed by atoms with Crippen LogP contribution in [0.3, 0.4) is 0 Å². The predicted octanol–water partition coefficient (Wildman–Crippen LogP) is 2.51. The Morgan fingerprint density at radius 1 is 1.36 bits per heavy atom. The third kappa shape index (κ3) is 4.35. The van der Waals surface area contributed by atoms with Crippen molar-refractivity contribution in [1.29, 1.82) is 0 Å². The zero-order valence-electron chi connectivity index (χ0n) is 16.0. The number of aromatic amines is 1. The lowest BCUT2D eigenvalue weighted by Crippen LogP contribution is -2.39. The molecule has 1 saturated heterocycles. The van der Waals surface area contributed by atoms with Crippen LogP contribution in [0, 0.1) is 24.5 Å². The smallest absolute Gasteiger partial charge is 0.257 e. The minimum absolute atomic E-state index is 0.115.